The molecular formula is C22H22FN3O3S. The lowest BCUT2D eigenvalue weighted by Crippen LogP contribution is -2.38. The van der Waals surface area contributed by atoms with Gasteiger partial charge in [0.05, 0.1) is 24.2 Å². The van der Waals surface area contributed by atoms with Crippen molar-refractivity contribution < 1.29 is 18.4 Å². The van der Waals surface area contributed by atoms with Crippen LogP contribution in [-0.4, -0.2) is 34.8 Å². The van der Waals surface area contributed by atoms with Crippen molar-refractivity contribution in [2.75, 3.05) is 13.1 Å². The van der Waals surface area contributed by atoms with Crippen LogP contribution in [0.3, 0.4) is 0 Å². The minimum atomic E-state index is -0.301. The van der Waals surface area contributed by atoms with Gasteiger partial charge in [-0.15, -0.1) is 11.3 Å². The number of nitrogens with zero attached hydrogens (tertiary/aromatic N) is 2. The van der Waals surface area contributed by atoms with Crippen LogP contribution >= 0.6 is 11.3 Å². The molecular weight excluding hydrogens is 405 g/mol. The summed E-state index contributed by atoms with van der Waals surface area (Å²) in [6, 6.07) is 9.62. The third kappa shape index (κ3) is 4.94. The molecule has 2 amide bonds. The van der Waals surface area contributed by atoms with Crippen molar-refractivity contribution in [3.8, 4) is 0 Å². The number of aromatic nitrogens is 1. The Morgan fingerprint density at radius 3 is 2.67 bits per heavy atom. The molecule has 0 unspecified atom stereocenters. The zero-order valence-electron chi connectivity index (χ0n) is 16.3. The van der Waals surface area contributed by atoms with Crippen molar-refractivity contribution in [2.45, 2.75) is 31.7 Å². The Morgan fingerprint density at radius 2 is 1.97 bits per heavy atom. The predicted octanol–water partition coefficient (Wildman–Crippen LogP) is 3.75. The number of rotatable bonds is 6. The molecule has 156 valence electrons. The third-order valence-corrected chi connectivity index (χ3v) is 6.23. The SMILES string of the molecule is O=C(NCc1ccco1)c1csc(C2CCN(C(=O)Cc3ccc(F)cc3)CC2)n1. The van der Waals surface area contributed by atoms with Crippen LogP contribution in [0.1, 0.15) is 45.6 Å². The van der Waals surface area contributed by atoms with Crippen LogP contribution in [-0.2, 0) is 17.8 Å². The highest BCUT2D eigenvalue weighted by Gasteiger charge is 2.26. The molecule has 0 bridgehead atoms. The van der Waals surface area contributed by atoms with Crippen LogP contribution in [0.5, 0.6) is 0 Å². The summed E-state index contributed by atoms with van der Waals surface area (Å²) < 4.78 is 18.2. The average Bonchev–Trinajstić information content (AvgIpc) is 3.46. The molecule has 1 aliphatic heterocycles. The van der Waals surface area contributed by atoms with Crippen molar-refractivity contribution >= 4 is 23.2 Å². The molecule has 3 aromatic rings. The number of hydrogen-bond donors (Lipinski definition) is 1. The minimum Gasteiger partial charge on any atom is -0.467 e. The molecule has 0 spiro atoms. The lowest BCUT2D eigenvalue weighted by molar-refractivity contribution is -0.131. The lowest BCUT2D eigenvalue weighted by atomic mass is 9.97. The Bertz CT molecular complexity index is 993. The highest BCUT2D eigenvalue weighted by Crippen LogP contribution is 2.30. The maximum atomic E-state index is 13.0. The molecule has 2 aromatic heterocycles. The van der Waals surface area contributed by atoms with Gasteiger partial charge in [-0.2, -0.15) is 0 Å². The van der Waals surface area contributed by atoms with E-state index in [0.717, 1.165) is 23.4 Å². The van der Waals surface area contributed by atoms with Crippen molar-refractivity contribution in [2.24, 2.45) is 0 Å². The monoisotopic (exact) mass is 427 g/mol. The van der Waals surface area contributed by atoms with Gasteiger partial charge in [0.1, 0.15) is 17.3 Å². The van der Waals surface area contributed by atoms with Crippen LogP contribution in [0.4, 0.5) is 4.39 Å². The molecule has 1 fully saturated rings. The quantitative estimate of drug-likeness (QED) is 0.650. The van der Waals surface area contributed by atoms with Gasteiger partial charge < -0.3 is 14.6 Å². The minimum absolute atomic E-state index is 0.0530. The number of nitrogens with one attached hydrogen (secondary N) is 1. The number of hydrogen-bond acceptors (Lipinski definition) is 5. The number of halogens is 1. The smallest absolute Gasteiger partial charge is 0.271 e. The first-order valence-electron chi connectivity index (χ1n) is 9.86. The van der Waals surface area contributed by atoms with Crippen LogP contribution in [0.15, 0.2) is 52.5 Å². The van der Waals surface area contributed by atoms with E-state index in [1.807, 2.05) is 4.90 Å². The Kier molecular flexibility index (Phi) is 6.23. The van der Waals surface area contributed by atoms with Crippen LogP contribution < -0.4 is 5.32 Å². The van der Waals surface area contributed by atoms with Gasteiger partial charge in [-0.3, -0.25) is 9.59 Å². The number of carbonyl (C=O) groups excluding carboxylic acids is 2. The van der Waals surface area contributed by atoms with E-state index < -0.39 is 0 Å². The highest BCUT2D eigenvalue weighted by molar-refractivity contribution is 7.09. The van der Waals surface area contributed by atoms with E-state index in [9.17, 15) is 14.0 Å². The standard InChI is InChI=1S/C22H22FN3O3S/c23-17-5-3-15(4-6-17)12-20(27)26-9-7-16(8-10-26)22-25-19(14-30-22)21(28)24-13-18-2-1-11-29-18/h1-6,11,14,16H,7-10,12-13H2,(H,24,28). The van der Waals surface area contributed by atoms with Gasteiger partial charge in [0.15, 0.2) is 0 Å². The Hall–Kier alpha value is -3.00. The topological polar surface area (TPSA) is 75.4 Å². The van der Waals surface area contributed by atoms with Crippen molar-refractivity contribution in [3.05, 3.63) is 75.9 Å². The predicted molar refractivity (Wildman–Crippen MR) is 111 cm³/mol. The summed E-state index contributed by atoms with van der Waals surface area (Å²) in [5.74, 6) is 0.468. The van der Waals surface area contributed by atoms with Crippen molar-refractivity contribution in [1.29, 1.82) is 0 Å². The normalized spacial score (nSPS) is 14.6. The van der Waals surface area contributed by atoms with Gasteiger partial charge in [0, 0.05) is 24.4 Å². The summed E-state index contributed by atoms with van der Waals surface area (Å²) in [4.78, 5) is 31.2. The molecule has 8 heteroatoms. The molecule has 1 aliphatic rings. The van der Waals surface area contributed by atoms with Gasteiger partial charge in [-0.1, -0.05) is 12.1 Å². The average molecular weight is 428 g/mol. The highest BCUT2D eigenvalue weighted by atomic mass is 32.1. The van der Waals surface area contributed by atoms with Crippen LogP contribution in [0, 0.1) is 5.82 Å². The molecule has 0 saturated carbocycles. The number of piperidine rings is 1. The van der Waals surface area contributed by atoms with Gasteiger partial charge in [0.25, 0.3) is 5.91 Å². The van der Waals surface area contributed by atoms with E-state index in [4.69, 9.17) is 4.42 Å². The van der Waals surface area contributed by atoms with E-state index in [2.05, 4.69) is 10.3 Å². The molecule has 1 saturated heterocycles. The second kappa shape index (κ2) is 9.21. The summed E-state index contributed by atoms with van der Waals surface area (Å²) in [5.41, 5.74) is 1.23. The number of carbonyl (C=O) groups is 2. The lowest BCUT2D eigenvalue weighted by Gasteiger charge is -2.31. The molecule has 0 atom stereocenters. The number of benzene rings is 1. The molecule has 4 rings (SSSR count). The second-order valence-electron chi connectivity index (χ2n) is 7.29. The molecule has 1 N–H and O–H groups in total. The Balaban J connectivity index is 1.27. The largest absolute Gasteiger partial charge is 0.467 e. The number of likely N-dealkylation sites (tertiary alicyclic amines) is 1. The van der Waals surface area contributed by atoms with Crippen molar-refractivity contribution in [1.82, 2.24) is 15.2 Å². The first-order valence-corrected chi connectivity index (χ1v) is 10.7. The molecule has 3 heterocycles. The van der Waals surface area contributed by atoms with Gasteiger partial charge in [-0.05, 0) is 42.7 Å². The zero-order chi connectivity index (χ0) is 20.9. The van der Waals surface area contributed by atoms with Gasteiger partial charge in [0.2, 0.25) is 5.91 Å². The number of thiazole rings is 1. The van der Waals surface area contributed by atoms with E-state index in [1.165, 1.54) is 23.5 Å². The van der Waals surface area contributed by atoms with E-state index in [0.29, 0.717) is 31.1 Å². The molecule has 0 aliphatic carbocycles. The fourth-order valence-electron chi connectivity index (χ4n) is 3.52. The van der Waals surface area contributed by atoms with Crippen molar-refractivity contribution in [3.63, 3.8) is 0 Å². The summed E-state index contributed by atoms with van der Waals surface area (Å²) in [7, 11) is 0. The summed E-state index contributed by atoms with van der Waals surface area (Å²) in [6.45, 7) is 1.64. The fourth-order valence-corrected chi connectivity index (χ4v) is 4.49. The third-order valence-electron chi connectivity index (χ3n) is 5.22. The fraction of sp³-hybridized carbons (Fsp3) is 0.318. The zero-order valence-corrected chi connectivity index (χ0v) is 17.2. The Morgan fingerprint density at radius 1 is 1.20 bits per heavy atom. The molecule has 0 radical (unpaired) electrons. The van der Waals surface area contributed by atoms with E-state index >= 15 is 0 Å². The van der Waals surface area contributed by atoms with Crippen LogP contribution in [0.2, 0.25) is 0 Å². The van der Waals surface area contributed by atoms with Crippen LogP contribution in [0.25, 0.3) is 0 Å². The van der Waals surface area contributed by atoms with Gasteiger partial charge in [-0.25, -0.2) is 9.37 Å². The molecule has 30 heavy (non-hydrogen) atoms. The summed E-state index contributed by atoms with van der Waals surface area (Å²) >= 11 is 1.49. The first kappa shape index (κ1) is 20.3. The van der Waals surface area contributed by atoms with E-state index in [-0.39, 0.29) is 30.0 Å². The maximum Gasteiger partial charge on any atom is 0.271 e. The van der Waals surface area contributed by atoms with E-state index in [1.54, 1.807) is 35.9 Å². The molecule has 1 aromatic carbocycles. The summed E-state index contributed by atoms with van der Waals surface area (Å²) in [6.07, 6.45) is 3.48. The van der Waals surface area contributed by atoms with Gasteiger partial charge >= 0.3 is 0 Å². The number of furan rings is 1. The molecule has 6 nitrogen and oxygen atoms in total. The maximum absolute atomic E-state index is 13.0. The summed E-state index contributed by atoms with van der Waals surface area (Å²) in [5, 5.41) is 5.51. The first-order chi connectivity index (χ1) is 14.6. The second-order valence-corrected chi connectivity index (χ2v) is 8.18. The number of amides is 2. The Labute approximate surface area is 177 Å².